The maximum Gasteiger partial charge on any atom is 0.227 e. The maximum absolute atomic E-state index is 12.6. The summed E-state index contributed by atoms with van der Waals surface area (Å²) < 4.78 is 11.3. The SMILES string of the molecule is O=C(CCC(=O)N1CCOc2ccccc21)NCc1ccc(OCc2cccnc2)cc1. The number of nitrogens with one attached hydrogen (secondary N) is 1. The van der Waals surface area contributed by atoms with Crippen LogP contribution in [-0.2, 0) is 22.7 Å². The number of amides is 2. The molecule has 0 saturated carbocycles. The molecule has 2 amide bonds. The summed E-state index contributed by atoms with van der Waals surface area (Å²) in [5.41, 5.74) is 2.72. The molecule has 0 saturated heterocycles. The molecule has 0 atom stereocenters. The van der Waals surface area contributed by atoms with Gasteiger partial charge in [-0.25, -0.2) is 0 Å². The Morgan fingerprint density at radius 1 is 1.00 bits per heavy atom. The van der Waals surface area contributed by atoms with E-state index in [1.807, 2.05) is 60.7 Å². The second-order valence-electron chi connectivity index (χ2n) is 7.43. The van der Waals surface area contributed by atoms with Gasteiger partial charge in [0.2, 0.25) is 11.8 Å². The normalized spacial score (nSPS) is 12.4. The number of hydrogen-bond donors (Lipinski definition) is 1. The van der Waals surface area contributed by atoms with Crippen molar-refractivity contribution in [3.8, 4) is 11.5 Å². The Kier molecular flexibility index (Phi) is 6.97. The highest BCUT2D eigenvalue weighted by Crippen LogP contribution is 2.31. The van der Waals surface area contributed by atoms with Crippen molar-refractivity contribution < 1.29 is 19.1 Å². The molecule has 0 bridgehead atoms. The molecule has 4 rings (SSSR count). The van der Waals surface area contributed by atoms with E-state index in [1.54, 1.807) is 17.3 Å². The third-order valence-electron chi connectivity index (χ3n) is 5.14. The Labute approximate surface area is 187 Å². The summed E-state index contributed by atoms with van der Waals surface area (Å²) in [5.74, 6) is 1.22. The first-order chi connectivity index (χ1) is 15.7. The molecule has 1 aromatic heterocycles. The smallest absolute Gasteiger partial charge is 0.227 e. The van der Waals surface area contributed by atoms with Gasteiger partial charge in [0.1, 0.15) is 24.7 Å². The lowest BCUT2D eigenvalue weighted by molar-refractivity contribution is -0.125. The lowest BCUT2D eigenvalue weighted by Crippen LogP contribution is -2.38. The van der Waals surface area contributed by atoms with Crippen LogP contribution in [0.25, 0.3) is 0 Å². The molecule has 1 N–H and O–H groups in total. The second-order valence-corrected chi connectivity index (χ2v) is 7.43. The summed E-state index contributed by atoms with van der Waals surface area (Å²) in [7, 11) is 0. The lowest BCUT2D eigenvalue weighted by atomic mass is 10.2. The van der Waals surface area contributed by atoms with E-state index in [4.69, 9.17) is 9.47 Å². The van der Waals surface area contributed by atoms with Crippen LogP contribution < -0.4 is 19.7 Å². The van der Waals surface area contributed by atoms with Gasteiger partial charge in [-0.15, -0.1) is 0 Å². The number of carbonyl (C=O) groups is 2. The van der Waals surface area contributed by atoms with Crippen LogP contribution in [0.2, 0.25) is 0 Å². The summed E-state index contributed by atoms with van der Waals surface area (Å²) in [6.07, 6.45) is 3.79. The van der Waals surface area contributed by atoms with Crippen molar-refractivity contribution in [2.45, 2.75) is 26.0 Å². The highest BCUT2D eigenvalue weighted by atomic mass is 16.5. The van der Waals surface area contributed by atoms with Crippen LogP contribution in [0.4, 0.5) is 5.69 Å². The Morgan fingerprint density at radius 2 is 1.84 bits per heavy atom. The van der Waals surface area contributed by atoms with Gasteiger partial charge in [0.25, 0.3) is 0 Å². The molecule has 2 heterocycles. The van der Waals surface area contributed by atoms with Crippen molar-refractivity contribution in [2.75, 3.05) is 18.1 Å². The van der Waals surface area contributed by atoms with E-state index in [1.165, 1.54) is 0 Å². The number of benzene rings is 2. The van der Waals surface area contributed by atoms with Crippen molar-refractivity contribution in [1.29, 1.82) is 0 Å². The van der Waals surface area contributed by atoms with E-state index in [9.17, 15) is 9.59 Å². The number of hydrogen-bond acceptors (Lipinski definition) is 5. The Bertz CT molecular complexity index is 1050. The van der Waals surface area contributed by atoms with Gasteiger partial charge in [0, 0.05) is 37.3 Å². The van der Waals surface area contributed by atoms with Crippen molar-refractivity contribution in [2.24, 2.45) is 0 Å². The molecule has 164 valence electrons. The molecule has 1 aliphatic rings. The minimum Gasteiger partial charge on any atom is -0.490 e. The Balaban J connectivity index is 1.20. The number of rotatable bonds is 8. The zero-order chi connectivity index (χ0) is 22.2. The van der Waals surface area contributed by atoms with Crippen LogP contribution >= 0.6 is 0 Å². The van der Waals surface area contributed by atoms with E-state index in [0.29, 0.717) is 32.1 Å². The molecular weight excluding hydrogens is 406 g/mol. The first-order valence-electron chi connectivity index (χ1n) is 10.6. The van der Waals surface area contributed by atoms with Crippen LogP contribution in [0.15, 0.2) is 73.1 Å². The number of para-hydroxylation sites is 2. The number of carbonyl (C=O) groups excluding carboxylic acids is 2. The monoisotopic (exact) mass is 431 g/mol. The minimum absolute atomic E-state index is 0.0778. The fourth-order valence-corrected chi connectivity index (χ4v) is 3.43. The van der Waals surface area contributed by atoms with E-state index in [2.05, 4.69) is 10.3 Å². The molecule has 7 heteroatoms. The summed E-state index contributed by atoms with van der Waals surface area (Å²) in [5, 5.41) is 2.87. The van der Waals surface area contributed by atoms with Crippen molar-refractivity contribution >= 4 is 17.5 Å². The van der Waals surface area contributed by atoms with Crippen LogP contribution in [0, 0.1) is 0 Å². The van der Waals surface area contributed by atoms with Gasteiger partial charge in [0.05, 0.1) is 12.2 Å². The fourth-order valence-electron chi connectivity index (χ4n) is 3.43. The van der Waals surface area contributed by atoms with Gasteiger partial charge >= 0.3 is 0 Å². The highest BCUT2D eigenvalue weighted by Gasteiger charge is 2.23. The molecule has 0 radical (unpaired) electrons. The highest BCUT2D eigenvalue weighted by molar-refractivity contribution is 5.97. The Hall–Kier alpha value is -3.87. The third-order valence-corrected chi connectivity index (χ3v) is 5.14. The van der Waals surface area contributed by atoms with E-state index < -0.39 is 0 Å². The van der Waals surface area contributed by atoms with Crippen LogP contribution in [0.1, 0.15) is 24.0 Å². The van der Waals surface area contributed by atoms with Crippen LogP contribution in [0.5, 0.6) is 11.5 Å². The fraction of sp³-hybridized carbons (Fsp3) is 0.240. The van der Waals surface area contributed by atoms with Gasteiger partial charge < -0.3 is 19.7 Å². The molecule has 0 spiro atoms. The van der Waals surface area contributed by atoms with E-state index in [-0.39, 0.29) is 24.7 Å². The molecular formula is C25H25N3O4. The quantitative estimate of drug-likeness (QED) is 0.591. The average Bonchev–Trinajstić information content (AvgIpc) is 2.85. The third kappa shape index (κ3) is 5.63. The number of pyridine rings is 1. The van der Waals surface area contributed by atoms with Crippen molar-refractivity contribution in [3.63, 3.8) is 0 Å². The Morgan fingerprint density at radius 3 is 2.66 bits per heavy atom. The van der Waals surface area contributed by atoms with Gasteiger partial charge in [-0.05, 0) is 35.9 Å². The molecule has 0 aliphatic carbocycles. The number of anilines is 1. The predicted molar refractivity (Wildman–Crippen MR) is 120 cm³/mol. The number of ether oxygens (including phenoxy) is 2. The summed E-state index contributed by atoms with van der Waals surface area (Å²) >= 11 is 0. The molecule has 0 fully saturated rings. The molecule has 1 aliphatic heterocycles. The number of aromatic nitrogens is 1. The lowest BCUT2D eigenvalue weighted by Gasteiger charge is -2.29. The van der Waals surface area contributed by atoms with Gasteiger partial charge in [0.15, 0.2) is 0 Å². The molecule has 32 heavy (non-hydrogen) atoms. The van der Waals surface area contributed by atoms with Gasteiger partial charge in [-0.3, -0.25) is 14.6 Å². The summed E-state index contributed by atoms with van der Waals surface area (Å²) in [6.45, 7) is 1.80. The zero-order valence-corrected chi connectivity index (χ0v) is 17.7. The average molecular weight is 431 g/mol. The van der Waals surface area contributed by atoms with Crippen molar-refractivity contribution in [3.05, 3.63) is 84.2 Å². The molecule has 3 aromatic rings. The number of nitrogens with zero attached hydrogens (tertiary/aromatic N) is 2. The standard InChI is InChI=1S/C25H25N3O4/c29-24(11-12-25(30)28-14-15-31-23-6-2-1-5-22(23)28)27-17-19-7-9-21(10-8-19)32-18-20-4-3-13-26-16-20/h1-10,13,16H,11-12,14-15,17-18H2,(H,27,29). The van der Waals surface area contributed by atoms with E-state index in [0.717, 1.165) is 22.6 Å². The summed E-state index contributed by atoms with van der Waals surface area (Å²) in [4.78, 5) is 30.6. The van der Waals surface area contributed by atoms with Crippen LogP contribution in [0.3, 0.4) is 0 Å². The molecule has 2 aromatic carbocycles. The molecule has 7 nitrogen and oxygen atoms in total. The first kappa shape index (κ1) is 21.4. The second kappa shape index (κ2) is 10.4. The zero-order valence-electron chi connectivity index (χ0n) is 17.7. The van der Waals surface area contributed by atoms with E-state index >= 15 is 0 Å². The maximum atomic E-state index is 12.6. The summed E-state index contributed by atoms with van der Waals surface area (Å²) in [6, 6.07) is 18.8. The molecule has 0 unspecified atom stereocenters. The predicted octanol–water partition coefficient (Wildman–Crippen LogP) is 3.48. The van der Waals surface area contributed by atoms with Gasteiger partial charge in [-0.2, -0.15) is 0 Å². The largest absolute Gasteiger partial charge is 0.490 e. The van der Waals surface area contributed by atoms with Crippen molar-refractivity contribution in [1.82, 2.24) is 10.3 Å². The minimum atomic E-state index is -0.156. The topological polar surface area (TPSA) is 80.8 Å². The van der Waals surface area contributed by atoms with Gasteiger partial charge in [-0.1, -0.05) is 30.3 Å². The van der Waals surface area contributed by atoms with Crippen LogP contribution in [-0.4, -0.2) is 29.9 Å². The number of fused-ring (bicyclic) bond motifs is 1. The first-order valence-corrected chi connectivity index (χ1v) is 10.6.